The molecule has 3 aliphatic rings. The van der Waals surface area contributed by atoms with Crippen LogP contribution in [0.15, 0.2) is 0 Å². The summed E-state index contributed by atoms with van der Waals surface area (Å²) < 4.78 is 11.4. The van der Waals surface area contributed by atoms with Gasteiger partial charge in [-0.1, -0.05) is 0 Å². The lowest BCUT2D eigenvalue weighted by Crippen LogP contribution is -2.10. The van der Waals surface area contributed by atoms with E-state index in [2.05, 4.69) is 5.32 Å². The maximum Gasteiger partial charge on any atom is 0.165 e. The molecule has 3 aliphatic heterocycles. The van der Waals surface area contributed by atoms with Crippen molar-refractivity contribution in [3.8, 4) is 17.2 Å². The highest BCUT2D eigenvalue weighted by Crippen LogP contribution is 2.51. The number of ether oxygens (including phenoxy) is 2. The molecule has 1 fully saturated rings. The van der Waals surface area contributed by atoms with Gasteiger partial charge in [-0.3, -0.25) is 0 Å². The highest BCUT2D eigenvalue weighted by atomic mass is 16.5. The summed E-state index contributed by atoms with van der Waals surface area (Å²) in [6, 6.07) is 0. The summed E-state index contributed by atoms with van der Waals surface area (Å²) >= 11 is 0. The number of rotatable bonds is 1. The van der Waals surface area contributed by atoms with Gasteiger partial charge in [-0.15, -0.1) is 0 Å². The van der Waals surface area contributed by atoms with Crippen LogP contribution in [0.3, 0.4) is 0 Å². The van der Waals surface area contributed by atoms with Crippen LogP contribution < -0.4 is 14.8 Å². The van der Waals surface area contributed by atoms with E-state index in [0.717, 1.165) is 49.4 Å². The number of aromatic hydroxyl groups is 1. The Balaban J connectivity index is 1.95. The SMILES string of the molecule is Oc1c2c(c(C3CCNC3)c3c1OCC3)OCC2. The predicted octanol–water partition coefficient (Wildman–Crippen LogP) is 1.34. The number of benzene rings is 1. The van der Waals surface area contributed by atoms with Crippen molar-refractivity contribution in [2.45, 2.75) is 25.2 Å². The molecular weight excluding hydrogens is 230 g/mol. The van der Waals surface area contributed by atoms with Crippen LogP contribution in [0.5, 0.6) is 17.2 Å². The Morgan fingerprint density at radius 1 is 1.06 bits per heavy atom. The zero-order valence-corrected chi connectivity index (χ0v) is 10.3. The Kier molecular flexibility index (Phi) is 2.21. The van der Waals surface area contributed by atoms with Crippen LogP contribution in [0.4, 0.5) is 0 Å². The molecule has 4 nitrogen and oxygen atoms in total. The monoisotopic (exact) mass is 247 g/mol. The number of nitrogens with one attached hydrogen (secondary N) is 1. The lowest BCUT2D eigenvalue weighted by atomic mass is 9.88. The summed E-state index contributed by atoms with van der Waals surface area (Å²) in [7, 11) is 0. The van der Waals surface area contributed by atoms with Gasteiger partial charge in [-0.05, 0) is 13.0 Å². The van der Waals surface area contributed by atoms with Crippen LogP contribution in [0.2, 0.25) is 0 Å². The normalized spacial score (nSPS) is 24.6. The summed E-state index contributed by atoms with van der Waals surface area (Å²) in [5.74, 6) is 2.50. The molecule has 0 amide bonds. The summed E-state index contributed by atoms with van der Waals surface area (Å²) in [5.41, 5.74) is 3.44. The first-order chi connectivity index (χ1) is 8.86. The second-order valence-electron chi connectivity index (χ2n) is 5.26. The van der Waals surface area contributed by atoms with Gasteiger partial charge < -0.3 is 19.9 Å². The summed E-state index contributed by atoms with van der Waals surface area (Å²) in [6.07, 6.45) is 2.84. The lowest BCUT2D eigenvalue weighted by molar-refractivity contribution is 0.333. The van der Waals surface area contributed by atoms with E-state index in [1.54, 1.807) is 0 Å². The molecule has 4 rings (SSSR count). The Labute approximate surface area is 106 Å². The van der Waals surface area contributed by atoms with Crippen LogP contribution in [0, 0.1) is 0 Å². The van der Waals surface area contributed by atoms with E-state index >= 15 is 0 Å². The summed E-state index contributed by atoms with van der Waals surface area (Å²) in [5, 5.41) is 13.7. The topological polar surface area (TPSA) is 50.7 Å². The average Bonchev–Trinajstić information content (AvgIpc) is 3.11. The van der Waals surface area contributed by atoms with E-state index in [1.807, 2.05) is 0 Å². The largest absolute Gasteiger partial charge is 0.504 e. The summed E-state index contributed by atoms with van der Waals surface area (Å²) in [6.45, 7) is 3.43. The van der Waals surface area contributed by atoms with Crippen molar-refractivity contribution in [3.05, 3.63) is 16.7 Å². The van der Waals surface area contributed by atoms with Gasteiger partial charge >= 0.3 is 0 Å². The Hall–Kier alpha value is -1.42. The molecule has 1 atom stereocenters. The van der Waals surface area contributed by atoms with Gasteiger partial charge in [0, 0.05) is 42.0 Å². The maximum absolute atomic E-state index is 10.3. The molecule has 0 radical (unpaired) electrons. The van der Waals surface area contributed by atoms with Gasteiger partial charge in [0.2, 0.25) is 0 Å². The van der Waals surface area contributed by atoms with E-state index in [-0.39, 0.29) is 0 Å². The standard InChI is InChI=1S/C14H17NO3/c16-12-10-3-6-17-13(10)11(8-1-4-15-7-8)9-2-5-18-14(9)12/h8,15-16H,1-7H2. The second-order valence-corrected chi connectivity index (χ2v) is 5.26. The molecule has 4 heteroatoms. The van der Waals surface area contributed by atoms with Gasteiger partial charge in [-0.2, -0.15) is 0 Å². The van der Waals surface area contributed by atoms with Crippen LogP contribution in [-0.2, 0) is 12.8 Å². The fraction of sp³-hybridized carbons (Fsp3) is 0.571. The minimum Gasteiger partial charge on any atom is -0.504 e. The predicted molar refractivity (Wildman–Crippen MR) is 66.7 cm³/mol. The third-order valence-electron chi connectivity index (χ3n) is 4.28. The molecule has 3 heterocycles. The fourth-order valence-electron chi connectivity index (χ4n) is 3.45. The molecule has 0 saturated carbocycles. The first-order valence-corrected chi connectivity index (χ1v) is 6.73. The molecule has 2 N–H and O–H groups in total. The van der Waals surface area contributed by atoms with Crippen molar-refractivity contribution in [3.63, 3.8) is 0 Å². The molecule has 0 spiro atoms. The number of hydrogen-bond acceptors (Lipinski definition) is 4. The molecule has 1 saturated heterocycles. The maximum atomic E-state index is 10.3. The molecule has 0 aliphatic carbocycles. The minimum atomic E-state index is 0.324. The molecule has 1 aromatic rings. The van der Waals surface area contributed by atoms with Crippen molar-refractivity contribution >= 4 is 0 Å². The third kappa shape index (κ3) is 1.29. The molecule has 0 bridgehead atoms. The van der Waals surface area contributed by atoms with Crippen LogP contribution in [0.25, 0.3) is 0 Å². The fourth-order valence-corrected chi connectivity index (χ4v) is 3.45. The van der Waals surface area contributed by atoms with Gasteiger partial charge in [0.1, 0.15) is 5.75 Å². The Bertz CT molecular complexity index is 471. The van der Waals surface area contributed by atoms with E-state index in [4.69, 9.17) is 9.47 Å². The van der Waals surface area contributed by atoms with Gasteiger partial charge in [0.05, 0.1) is 13.2 Å². The van der Waals surface area contributed by atoms with Crippen LogP contribution in [-0.4, -0.2) is 31.4 Å². The van der Waals surface area contributed by atoms with Crippen molar-refractivity contribution in [1.29, 1.82) is 0 Å². The van der Waals surface area contributed by atoms with Gasteiger partial charge in [0.15, 0.2) is 11.5 Å². The molecular formula is C14H17NO3. The van der Waals surface area contributed by atoms with Gasteiger partial charge in [0.25, 0.3) is 0 Å². The van der Waals surface area contributed by atoms with Gasteiger partial charge in [-0.25, -0.2) is 0 Å². The van der Waals surface area contributed by atoms with Crippen molar-refractivity contribution < 1.29 is 14.6 Å². The quantitative estimate of drug-likeness (QED) is 0.786. The number of phenolic OH excluding ortho intramolecular Hbond substituents is 1. The zero-order valence-electron chi connectivity index (χ0n) is 10.3. The number of phenols is 1. The summed E-state index contributed by atoms with van der Waals surface area (Å²) in [4.78, 5) is 0. The van der Waals surface area contributed by atoms with Crippen molar-refractivity contribution in [2.75, 3.05) is 26.3 Å². The number of fused-ring (bicyclic) bond motifs is 2. The molecule has 1 aromatic carbocycles. The Morgan fingerprint density at radius 2 is 1.83 bits per heavy atom. The molecule has 18 heavy (non-hydrogen) atoms. The minimum absolute atomic E-state index is 0.324. The van der Waals surface area contributed by atoms with Crippen molar-refractivity contribution in [2.24, 2.45) is 0 Å². The van der Waals surface area contributed by atoms with Crippen LogP contribution in [0.1, 0.15) is 29.0 Å². The van der Waals surface area contributed by atoms with Crippen LogP contribution >= 0.6 is 0 Å². The molecule has 0 aromatic heterocycles. The van der Waals surface area contributed by atoms with E-state index < -0.39 is 0 Å². The second kappa shape index (κ2) is 3.79. The number of hydrogen-bond donors (Lipinski definition) is 2. The molecule has 1 unspecified atom stereocenters. The third-order valence-corrected chi connectivity index (χ3v) is 4.28. The van der Waals surface area contributed by atoms with E-state index in [9.17, 15) is 5.11 Å². The average molecular weight is 247 g/mol. The van der Waals surface area contributed by atoms with Crippen molar-refractivity contribution in [1.82, 2.24) is 5.32 Å². The zero-order chi connectivity index (χ0) is 12.1. The van der Waals surface area contributed by atoms with E-state index in [1.165, 1.54) is 11.1 Å². The highest BCUT2D eigenvalue weighted by molar-refractivity contribution is 5.66. The van der Waals surface area contributed by atoms with E-state index in [0.29, 0.717) is 24.9 Å². The lowest BCUT2D eigenvalue weighted by Gasteiger charge is -2.18. The first-order valence-electron chi connectivity index (χ1n) is 6.73. The molecule has 96 valence electrons. The highest BCUT2D eigenvalue weighted by Gasteiger charge is 2.35. The smallest absolute Gasteiger partial charge is 0.165 e. The first kappa shape index (κ1) is 10.5. The Morgan fingerprint density at radius 3 is 2.61 bits per heavy atom.